The molecule has 178 valence electrons. The maximum absolute atomic E-state index is 13.4. The number of halogens is 1. The average molecular weight is 483 g/mol. The van der Waals surface area contributed by atoms with Gasteiger partial charge < -0.3 is 24.4 Å². The number of nitrogens with one attached hydrogen (secondary N) is 1. The van der Waals surface area contributed by atoms with Crippen LogP contribution in [-0.4, -0.2) is 51.1 Å². The number of piperidine rings is 1. The number of hydrogen-bond donors (Lipinski definition) is 1. The van der Waals surface area contributed by atoms with E-state index in [1.54, 1.807) is 30.2 Å². The summed E-state index contributed by atoms with van der Waals surface area (Å²) in [4.78, 5) is 28.3. The van der Waals surface area contributed by atoms with Crippen LogP contribution in [-0.2, 0) is 4.79 Å². The van der Waals surface area contributed by atoms with Crippen molar-refractivity contribution >= 4 is 39.9 Å². The van der Waals surface area contributed by atoms with E-state index in [9.17, 15) is 9.59 Å². The van der Waals surface area contributed by atoms with E-state index in [1.807, 2.05) is 30.3 Å². The Balaban J connectivity index is 1.52. The zero-order valence-corrected chi connectivity index (χ0v) is 20.1. The second-order valence-electron chi connectivity index (χ2n) is 8.13. The Labute approximate surface area is 203 Å². The van der Waals surface area contributed by atoms with Gasteiger partial charge in [0.15, 0.2) is 11.5 Å². The number of amides is 2. The molecule has 3 aromatic rings. The van der Waals surface area contributed by atoms with Gasteiger partial charge in [0.05, 0.1) is 38.0 Å². The molecule has 1 saturated heterocycles. The van der Waals surface area contributed by atoms with Crippen LogP contribution in [0, 0.1) is 5.92 Å². The zero-order valence-electron chi connectivity index (χ0n) is 19.4. The smallest absolute Gasteiger partial charge is 0.254 e. The summed E-state index contributed by atoms with van der Waals surface area (Å²) in [6, 6.07) is 14.5. The quantitative estimate of drug-likeness (QED) is 0.534. The standard InChI is InChI=1S/C26H27ClN2O5/c1-32-22-11-10-19(17-8-4-5-9-18(17)22)26(31)29-12-6-7-16(15-29)25(30)28-21-14-24(34-3)23(33-2)13-20(21)27/h4-5,8-11,13-14,16H,6-7,12,15H2,1-3H3,(H,28,30). The summed E-state index contributed by atoms with van der Waals surface area (Å²) in [6.45, 7) is 0.927. The van der Waals surface area contributed by atoms with Crippen molar-refractivity contribution in [3.8, 4) is 17.2 Å². The molecule has 1 aliphatic rings. The Morgan fingerprint density at radius 1 is 0.941 bits per heavy atom. The minimum absolute atomic E-state index is 0.0968. The molecule has 0 saturated carbocycles. The Bertz CT molecular complexity index is 1230. The van der Waals surface area contributed by atoms with Gasteiger partial charge in [-0.25, -0.2) is 0 Å². The summed E-state index contributed by atoms with van der Waals surface area (Å²) >= 11 is 6.33. The fraction of sp³-hybridized carbons (Fsp3) is 0.308. The first kappa shape index (κ1) is 23.7. The monoisotopic (exact) mass is 482 g/mol. The van der Waals surface area contributed by atoms with Crippen LogP contribution in [0.4, 0.5) is 5.69 Å². The van der Waals surface area contributed by atoms with E-state index in [0.29, 0.717) is 47.3 Å². The van der Waals surface area contributed by atoms with E-state index < -0.39 is 0 Å². The van der Waals surface area contributed by atoms with Crippen molar-refractivity contribution in [3.05, 3.63) is 59.1 Å². The van der Waals surface area contributed by atoms with Crippen LogP contribution in [0.5, 0.6) is 17.2 Å². The highest BCUT2D eigenvalue weighted by molar-refractivity contribution is 6.34. The molecule has 1 unspecified atom stereocenters. The highest BCUT2D eigenvalue weighted by Gasteiger charge is 2.30. The van der Waals surface area contributed by atoms with E-state index in [-0.39, 0.29) is 17.7 Å². The van der Waals surface area contributed by atoms with Crippen molar-refractivity contribution in [1.82, 2.24) is 4.90 Å². The lowest BCUT2D eigenvalue weighted by atomic mass is 9.95. The molecule has 1 fully saturated rings. The summed E-state index contributed by atoms with van der Waals surface area (Å²) in [7, 11) is 4.65. The van der Waals surface area contributed by atoms with Crippen LogP contribution in [0.3, 0.4) is 0 Å². The van der Waals surface area contributed by atoms with Crippen LogP contribution in [0.2, 0.25) is 5.02 Å². The number of rotatable bonds is 6. The third-order valence-electron chi connectivity index (χ3n) is 6.14. The lowest BCUT2D eigenvalue weighted by molar-refractivity contribution is -0.121. The minimum atomic E-state index is -0.355. The highest BCUT2D eigenvalue weighted by Crippen LogP contribution is 2.36. The van der Waals surface area contributed by atoms with Crippen molar-refractivity contribution in [1.29, 1.82) is 0 Å². The van der Waals surface area contributed by atoms with Gasteiger partial charge in [0, 0.05) is 36.2 Å². The number of carbonyl (C=O) groups is 2. The lowest BCUT2D eigenvalue weighted by Gasteiger charge is -2.32. The molecule has 1 N–H and O–H groups in total. The molecular formula is C26H27ClN2O5. The van der Waals surface area contributed by atoms with Crippen molar-refractivity contribution in [2.45, 2.75) is 12.8 Å². The molecule has 0 aromatic heterocycles. The number of nitrogens with zero attached hydrogens (tertiary/aromatic N) is 1. The number of methoxy groups -OCH3 is 3. The molecule has 34 heavy (non-hydrogen) atoms. The van der Waals surface area contributed by atoms with E-state index in [0.717, 1.165) is 22.9 Å². The Hall–Kier alpha value is -3.45. The SMILES string of the molecule is COc1cc(Cl)c(NC(=O)C2CCCN(C(=O)c3ccc(OC)c4ccccc34)C2)cc1OC. The third kappa shape index (κ3) is 4.61. The first-order chi connectivity index (χ1) is 16.5. The minimum Gasteiger partial charge on any atom is -0.496 e. The summed E-state index contributed by atoms with van der Waals surface area (Å²) in [5.74, 6) is 1.02. The number of fused-ring (bicyclic) bond motifs is 1. The molecule has 3 aromatic carbocycles. The van der Waals surface area contributed by atoms with E-state index in [2.05, 4.69) is 5.32 Å². The molecule has 2 amide bonds. The van der Waals surface area contributed by atoms with E-state index in [1.165, 1.54) is 14.2 Å². The van der Waals surface area contributed by atoms with Gasteiger partial charge in [-0.05, 0) is 30.4 Å². The number of likely N-dealkylation sites (tertiary alicyclic amines) is 1. The van der Waals surface area contributed by atoms with Gasteiger partial charge in [-0.3, -0.25) is 9.59 Å². The fourth-order valence-corrected chi connectivity index (χ4v) is 4.57. The summed E-state index contributed by atoms with van der Waals surface area (Å²) in [6.07, 6.45) is 1.42. The maximum atomic E-state index is 13.4. The van der Waals surface area contributed by atoms with Crippen LogP contribution in [0.15, 0.2) is 48.5 Å². The van der Waals surface area contributed by atoms with Crippen LogP contribution >= 0.6 is 11.6 Å². The van der Waals surface area contributed by atoms with Crippen molar-refractivity contribution < 1.29 is 23.8 Å². The summed E-state index contributed by atoms with van der Waals surface area (Å²) < 4.78 is 16.0. The first-order valence-electron chi connectivity index (χ1n) is 11.0. The van der Waals surface area contributed by atoms with Gasteiger partial charge in [0.1, 0.15) is 5.75 Å². The van der Waals surface area contributed by atoms with E-state index >= 15 is 0 Å². The maximum Gasteiger partial charge on any atom is 0.254 e. The molecule has 0 bridgehead atoms. The largest absolute Gasteiger partial charge is 0.496 e. The normalized spacial score (nSPS) is 15.6. The van der Waals surface area contributed by atoms with Gasteiger partial charge >= 0.3 is 0 Å². The predicted octanol–water partition coefficient (Wildman–Crippen LogP) is 5.01. The Kier molecular flexibility index (Phi) is 7.12. The lowest BCUT2D eigenvalue weighted by Crippen LogP contribution is -2.43. The van der Waals surface area contributed by atoms with Gasteiger partial charge in [-0.2, -0.15) is 0 Å². The molecule has 7 nitrogen and oxygen atoms in total. The topological polar surface area (TPSA) is 77.1 Å². The number of anilines is 1. The fourth-order valence-electron chi connectivity index (χ4n) is 4.37. The van der Waals surface area contributed by atoms with Crippen LogP contribution in [0.25, 0.3) is 10.8 Å². The third-order valence-corrected chi connectivity index (χ3v) is 6.46. The first-order valence-corrected chi connectivity index (χ1v) is 11.4. The predicted molar refractivity (Wildman–Crippen MR) is 132 cm³/mol. The van der Waals surface area contributed by atoms with Gasteiger partial charge in [-0.1, -0.05) is 35.9 Å². The average Bonchev–Trinajstić information content (AvgIpc) is 2.88. The number of benzene rings is 3. The van der Waals surface area contributed by atoms with Crippen molar-refractivity contribution in [3.63, 3.8) is 0 Å². The van der Waals surface area contributed by atoms with Gasteiger partial charge in [0.2, 0.25) is 5.91 Å². The molecule has 0 radical (unpaired) electrons. The van der Waals surface area contributed by atoms with Crippen molar-refractivity contribution in [2.75, 3.05) is 39.7 Å². The molecular weight excluding hydrogens is 456 g/mol. The van der Waals surface area contributed by atoms with Crippen LogP contribution in [0.1, 0.15) is 23.2 Å². The molecule has 1 atom stereocenters. The second kappa shape index (κ2) is 10.2. The molecule has 4 rings (SSSR count). The Morgan fingerprint density at radius 2 is 1.62 bits per heavy atom. The van der Waals surface area contributed by atoms with Crippen molar-refractivity contribution in [2.24, 2.45) is 5.92 Å². The summed E-state index contributed by atoms with van der Waals surface area (Å²) in [5, 5.41) is 4.94. The summed E-state index contributed by atoms with van der Waals surface area (Å²) in [5.41, 5.74) is 1.04. The number of ether oxygens (including phenoxy) is 3. The number of carbonyl (C=O) groups excluding carboxylic acids is 2. The molecule has 8 heteroatoms. The van der Waals surface area contributed by atoms with Crippen LogP contribution < -0.4 is 19.5 Å². The highest BCUT2D eigenvalue weighted by atomic mass is 35.5. The molecule has 0 aliphatic carbocycles. The van der Waals surface area contributed by atoms with Gasteiger partial charge in [0.25, 0.3) is 5.91 Å². The van der Waals surface area contributed by atoms with Gasteiger partial charge in [-0.15, -0.1) is 0 Å². The molecule has 0 spiro atoms. The number of hydrogen-bond acceptors (Lipinski definition) is 5. The zero-order chi connectivity index (χ0) is 24.2. The Morgan fingerprint density at radius 3 is 2.32 bits per heavy atom. The second-order valence-corrected chi connectivity index (χ2v) is 8.53. The van der Waals surface area contributed by atoms with E-state index in [4.69, 9.17) is 25.8 Å². The molecule has 1 aliphatic heterocycles. The molecule has 1 heterocycles.